The molecule has 0 fully saturated rings. The molecule has 2 aromatic carbocycles. The maximum absolute atomic E-state index is 6.45. The lowest BCUT2D eigenvalue weighted by molar-refractivity contribution is 0.317. The van der Waals surface area contributed by atoms with Crippen LogP contribution in [0.4, 0.5) is 0 Å². The zero-order valence-electron chi connectivity index (χ0n) is 12.8. The third-order valence-corrected chi connectivity index (χ3v) is 4.02. The number of aryl methyl sites for hydroxylation is 1. The van der Waals surface area contributed by atoms with Crippen molar-refractivity contribution in [1.82, 2.24) is 5.32 Å². The Bertz CT molecular complexity index is 580. The van der Waals surface area contributed by atoms with Crippen molar-refractivity contribution in [3.05, 3.63) is 64.2 Å². The molecule has 0 radical (unpaired) electrons. The van der Waals surface area contributed by atoms with Crippen LogP contribution >= 0.6 is 11.6 Å². The molecule has 0 aromatic heterocycles. The fourth-order valence-electron chi connectivity index (χ4n) is 2.37. The van der Waals surface area contributed by atoms with Gasteiger partial charge in [0.2, 0.25) is 0 Å². The Hall–Kier alpha value is -1.51. The largest absolute Gasteiger partial charge is 0.494 e. The number of hydrogen-bond donors (Lipinski definition) is 1. The molecule has 0 amide bonds. The van der Waals surface area contributed by atoms with E-state index in [1.54, 1.807) is 0 Å². The minimum Gasteiger partial charge on any atom is -0.494 e. The highest BCUT2D eigenvalue weighted by Gasteiger charge is 2.16. The first kappa shape index (κ1) is 15.9. The summed E-state index contributed by atoms with van der Waals surface area (Å²) in [7, 11) is 1.95. The van der Waals surface area contributed by atoms with Gasteiger partial charge in [-0.05, 0) is 49.2 Å². The van der Waals surface area contributed by atoms with E-state index in [0.29, 0.717) is 0 Å². The summed E-state index contributed by atoms with van der Waals surface area (Å²) < 4.78 is 5.63. The summed E-state index contributed by atoms with van der Waals surface area (Å²) in [6.07, 6.45) is 1.01. The second-order valence-electron chi connectivity index (χ2n) is 5.12. The standard InChI is InChI=1S/C18H22ClNO/c1-4-12-21-15-10-8-14(9-11-15)18(20-3)16-7-5-6-13(2)17(16)19/h5-11,18,20H,4,12H2,1-3H3. The van der Waals surface area contributed by atoms with Crippen LogP contribution < -0.4 is 10.1 Å². The van der Waals surface area contributed by atoms with Gasteiger partial charge in [-0.2, -0.15) is 0 Å². The highest BCUT2D eigenvalue weighted by molar-refractivity contribution is 6.32. The molecule has 0 aliphatic heterocycles. The van der Waals surface area contributed by atoms with Crippen molar-refractivity contribution in [3.8, 4) is 5.75 Å². The van der Waals surface area contributed by atoms with E-state index in [9.17, 15) is 0 Å². The Morgan fingerprint density at radius 2 is 1.86 bits per heavy atom. The number of ether oxygens (including phenoxy) is 1. The molecule has 112 valence electrons. The Morgan fingerprint density at radius 3 is 2.48 bits per heavy atom. The molecule has 1 unspecified atom stereocenters. The zero-order valence-corrected chi connectivity index (χ0v) is 13.6. The molecule has 21 heavy (non-hydrogen) atoms. The van der Waals surface area contributed by atoms with Gasteiger partial charge in [0.05, 0.1) is 12.6 Å². The van der Waals surface area contributed by atoms with Gasteiger partial charge in [-0.3, -0.25) is 0 Å². The predicted molar refractivity (Wildman–Crippen MR) is 89.3 cm³/mol. The van der Waals surface area contributed by atoms with Crippen LogP contribution in [0.15, 0.2) is 42.5 Å². The molecule has 0 saturated carbocycles. The van der Waals surface area contributed by atoms with Gasteiger partial charge in [0.15, 0.2) is 0 Å². The van der Waals surface area contributed by atoms with E-state index >= 15 is 0 Å². The van der Waals surface area contributed by atoms with Crippen LogP contribution in [0.5, 0.6) is 5.75 Å². The van der Waals surface area contributed by atoms with E-state index in [0.717, 1.165) is 34.9 Å². The average molecular weight is 304 g/mol. The second kappa shape index (κ2) is 7.48. The lowest BCUT2D eigenvalue weighted by Crippen LogP contribution is -2.18. The first-order chi connectivity index (χ1) is 10.2. The summed E-state index contributed by atoms with van der Waals surface area (Å²) in [4.78, 5) is 0. The van der Waals surface area contributed by atoms with E-state index in [-0.39, 0.29) is 6.04 Å². The van der Waals surface area contributed by atoms with Crippen LogP contribution in [-0.2, 0) is 0 Å². The van der Waals surface area contributed by atoms with Gasteiger partial charge in [-0.25, -0.2) is 0 Å². The van der Waals surface area contributed by atoms with Crippen LogP contribution in [-0.4, -0.2) is 13.7 Å². The molecule has 3 heteroatoms. The smallest absolute Gasteiger partial charge is 0.119 e. The Kier molecular flexibility index (Phi) is 5.66. The Labute approximate surface area is 132 Å². The molecule has 0 heterocycles. The lowest BCUT2D eigenvalue weighted by Gasteiger charge is -2.20. The van der Waals surface area contributed by atoms with E-state index in [1.165, 1.54) is 5.56 Å². The van der Waals surface area contributed by atoms with Crippen LogP contribution in [0, 0.1) is 6.92 Å². The maximum atomic E-state index is 6.45. The number of rotatable bonds is 6. The highest BCUT2D eigenvalue weighted by Crippen LogP contribution is 2.31. The molecule has 0 aliphatic carbocycles. The summed E-state index contributed by atoms with van der Waals surface area (Å²) in [5.41, 5.74) is 3.37. The zero-order chi connectivity index (χ0) is 15.2. The summed E-state index contributed by atoms with van der Waals surface area (Å²) >= 11 is 6.45. The SMILES string of the molecule is CCCOc1ccc(C(NC)c2cccc(C)c2Cl)cc1. The van der Waals surface area contributed by atoms with Gasteiger partial charge in [0.25, 0.3) is 0 Å². The normalized spacial score (nSPS) is 12.2. The van der Waals surface area contributed by atoms with Crippen molar-refractivity contribution in [2.75, 3.05) is 13.7 Å². The molecular weight excluding hydrogens is 282 g/mol. The summed E-state index contributed by atoms with van der Waals surface area (Å²) in [6.45, 7) is 4.88. The van der Waals surface area contributed by atoms with Crippen molar-refractivity contribution in [2.45, 2.75) is 26.3 Å². The topological polar surface area (TPSA) is 21.3 Å². The van der Waals surface area contributed by atoms with E-state index in [2.05, 4.69) is 30.4 Å². The fourth-order valence-corrected chi connectivity index (χ4v) is 2.61. The van der Waals surface area contributed by atoms with Crippen molar-refractivity contribution in [2.24, 2.45) is 0 Å². The molecule has 0 aliphatic rings. The summed E-state index contributed by atoms with van der Waals surface area (Å²) in [5.74, 6) is 0.908. The van der Waals surface area contributed by atoms with Gasteiger partial charge in [-0.15, -0.1) is 0 Å². The van der Waals surface area contributed by atoms with E-state index < -0.39 is 0 Å². The number of benzene rings is 2. The van der Waals surface area contributed by atoms with Crippen molar-refractivity contribution >= 4 is 11.6 Å². The fraction of sp³-hybridized carbons (Fsp3) is 0.333. The van der Waals surface area contributed by atoms with Gasteiger partial charge < -0.3 is 10.1 Å². The Balaban J connectivity index is 2.27. The quantitative estimate of drug-likeness (QED) is 0.832. The number of nitrogens with one attached hydrogen (secondary N) is 1. The van der Waals surface area contributed by atoms with E-state index in [1.807, 2.05) is 38.2 Å². The minimum atomic E-state index is 0.0811. The molecule has 2 nitrogen and oxygen atoms in total. The molecule has 0 spiro atoms. The predicted octanol–water partition coefficient (Wildman–Crippen LogP) is 4.75. The van der Waals surface area contributed by atoms with Crippen LogP contribution in [0.2, 0.25) is 5.02 Å². The van der Waals surface area contributed by atoms with Gasteiger partial charge in [0, 0.05) is 5.02 Å². The Morgan fingerprint density at radius 1 is 1.14 bits per heavy atom. The third-order valence-electron chi connectivity index (χ3n) is 3.51. The van der Waals surface area contributed by atoms with Gasteiger partial charge in [0.1, 0.15) is 5.75 Å². The lowest BCUT2D eigenvalue weighted by atomic mass is 9.97. The second-order valence-corrected chi connectivity index (χ2v) is 5.50. The number of halogens is 1. The van der Waals surface area contributed by atoms with Crippen LogP contribution in [0.3, 0.4) is 0 Å². The molecule has 1 N–H and O–H groups in total. The molecular formula is C18H22ClNO. The monoisotopic (exact) mass is 303 g/mol. The third kappa shape index (κ3) is 3.78. The molecule has 2 rings (SSSR count). The molecule has 2 aromatic rings. The molecule has 0 saturated heterocycles. The van der Waals surface area contributed by atoms with E-state index in [4.69, 9.17) is 16.3 Å². The van der Waals surface area contributed by atoms with Crippen molar-refractivity contribution in [1.29, 1.82) is 0 Å². The highest BCUT2D eigenvalue weighted by atomic mass is 35.5. The van der Waals surface area contributed by atoms with Crippen molar-refractivity contribution in [3.63, 3.8) is 0 Å². The van der Waals surface area contributed by atoms with Gasteiger partial charge in [-0.1, -0.05) is 48.9 Å². The van der Waals surface area contributed by atoms with Crippen LogP contribution in [0.25, 0.3) is 0 Å². The number of hydrogen-bond acceptors (Lipinski definition) is 2. The average Bonchev–Trinajstić information content (AvgIpc) is 2.51. The van der Waals surface area contributed by atoms with Crippen LogP contribution in [0.1, 0.15) is 36.1 Å². The summed E-state index contributed by atoms with van der Waals surface area (Å²) in [6, 6.07) is 14.4. The first-order valence-electron chi connectivity index (χ1n) is 7.32. The molecule has 0 bridgehead atoms. The molecule has 1 atom stereocenters. The van der Waals surface area contributed by atoms with Gasteiger partial charge >= 0.3 is 0 Å². The van der Waals surface area contributed by atoms with Crippen molar-refractivity contribution < 1.29 is 4.74 Å². The minimum absolute atomic E-state index is 0.0811. The first-order valence-corrected chi connectivity index (χ1v) is 7.70. The summed E-state index contributed by atoms with van der Waals surface area (Å²) in [5, 5.41) is 4.16. The maximum Gasteiger partial charge on any atom is 0.119 e.